The largest absolute Gasteiger partial charge is 0.456 e. The molecule has 24 heavy (non-hydrogen) atoms. The molecule has 0 aliphatic carbocycles. The summed E-state index contributed by atoms with van der Waals surface area (Å²) in [6.07, 6.45) is 4.46. The minimum absolute atomic E-state index is 0.383. The van der Waals surface area contributed by atoms with E-state index < -0.39 is 0 Å². The Kier molecular flexibility index (Phi) is 5.05. The summed E-state index contributed by atoms with van der Waals surface area (Å²) in [5, 5.41) is 12.3. The van der Waals surface area contributed by atoms with Crippen molar-refractivity contribution in [1.82, 2.24) is 29.8 Å². The van der Waals surface area contributed by atoms with E-state index in [-0.39, 0.29) is 0 Å². The van der Waals surface area contributed by atoms with Crippen molar-refractivity contribution < 1.29 is 9.15 Å². The third-order valence-electron chi connectivity index (χ3n) is 3.58. The SMILES string of the molecule is COCc1nc(-c2ccc(Cn3ccnn3)o2)n(CCC(C)C)n1. The minimum atomic E-state index is 0.383. The van der Waals surface area contributed by atoms with Crippen LogP contribution in [-0.2, 0) is 24.4 Å². The van der Waals surface area contributed by atoms with Gasteiger partial charge in [-0.3, -0.25) is 0 Å². The first-order chi connectivity index (χ1) is 11.7. The molecule has 0 bridgehead atoms. The normalized spacial score (nSPS) is 11.5. The molecule has 8 nitrogen and oxygen atoms in total. The first kappa shape index (κ1) is 16.4. The Hall–Kier alpha value is -2.48. The van der Waals surface area contributed by atoms with Gasteiger partial charge in [0, 0.05) is 19.9 Å². The molecule has 3 aromatic heterocycles. The fourth-order valence-corrected chi connectivity index (χ4v) is 2.36. The van der Waals surface area contributed by atoms with Crippen molar-refractivity contribution in [3.63, 3.8) is 0 Å². The number of aromatic nitrogens is 6. The highest BCUT2D eigenvalue weighted by Crippen LogP contribution is 2.22. The Morgan fingerprint density at radius 2 is 2.17 bits per heavy atom. The zero-order chi connectivity index (χ0) is 16.9. The van der Waals surface area contributed by atoms with Gasteiger partial charge in [0.2, 0.25) is 0 Å². The highest BCUT2D eigenvalue weighted by atomic mass is 16.5. The molecular formula is C16H22N6O2. The van der Waals surface area contributed by atoms with Crippen LogP contribution in [0.1, 0.15) is 31.9 Å². The first-order valence-corrected chi connectivity index (χ1v) is 8.01. The molecule has 0 radical (unpaired) electrons. The highest BCUT2D eigenvalue weighted by Gasteiger charge is 2.16. The van der Waals surface area contributed by atoms with Gasteiger partial charge in [-0.1, -0.05) is 19.1 Å². The predicted octanol–water partition coefficient (Wildman–Crippen LogP) is 2.37. The molecule has 3 aromatic rings. The van der Waals surface area contributed by atoms with E-state index in [1.54, 1.807) is 24.2 Å². The number of hydrogen-bond donors (Lipinski definition) is 0. The molecule has 3 rings (SSSR count). The van der Waals surface area contributed by atoms with Crippen molar-refractivity contribution in [3.05, 3.63) is 36.1 Å². The van der Waals surface area contributed by atoms with Crippen molar-refractivity contribution in [2.45, 2.75) is 40.0 Å². The first-order valence-electron chi connectivity index (χ1n) is 8.01. The third kappa shape index (κ3) is 3.88. The van der Waals surface area contributed by atoms with Gasteiger partial charge in [-0.25, -0.2) is 14.3 Å². The third-order valence-corrected chi connectivity index (χ3v) is 3.58. The lowest BCUT2D eigenvalue weighted by atomic mass is 10.1. The fourth-order valence-electron chi connectivity index (χ4n) is 2.36. The number of nitrogens with zero attached hydrogens (tertiary/aromatic N) is 6. The second kappa shape index (κ2) is 7.39. The van der Waals surface area contributed by atoms with E-state index in [1.807, 2.05) is 16.8 Å². The van der Waals surface area contributed by atoms with Crippen molar-refractivity contribution in [3.8, 4) is 11.6 Å². The van der Waals surface area contributed by atoms with Crippen LogP contribution in [-0.4, -0.2) is 36.9 Å². The molecule has 0 saturated carbocycles. The van der Waals surface area contributed by atoms with Crippen molar-refractivity contribution in [2.24, 2.45) is 5.92 Å². The van der Waals surface area contributed by atoms with Gasteiger partial charge in [-0.05, 0) is 24.5 Å². The van der Waals surface area contributed by atoms with Gasteiger partial charge in [0.25, 0.3) is 0 Å². The summed E-state index contributed by atoms with van der Waals surface area (Å²) in [6.45, 7) is 6.09. The monoisotopic (exact) mass is 330 g/mol. The number of furan rings is 1. The number of methoxy groups -OCH3 is 1. The van der Waals surface area contributed by atoms with Crippen molar-refractivity contribution in [1.29, 1.82) is 0 Å². The Balaban J connectivity index is 1.82. The molecule has 8 heteroatoms. The Labute approximate surface area is 140 Å². The number of hydrogen-bond acceptors (Lipinski definition) is 6. The van der Waals surface area contributed by atoms with Gasteiger partial charge in [-0.2, -0.15) is 5.10 Å². The molecule has 0 aliphatic heterocycles. The minimum Gasteiger partial charge on any atom is -0.456 e. The molecule has 0 aliphatic rings. The summed E-state index contributed by atoms with van der Waals surface area (Å²) in [4.78, 5) is 4.56. The molecule has 0 atom stereocenters. The lowest BCUT2D eigenvalue weighted by Crippen LogP contribution is -2.05. The molecule has 0 aromatic carbocycles. The summed E-state index contributed by atoms with van der Waals surface area (Å²) in [7, 11) is 1.64. The lowest BCUT2D eigenvalue weighted by Gasteiger charge is -2.06. The van der Waals surface area contributed by atoms with E-state index in [1.165, 1.54) is 0 Å². The summed E-state index contributed by atoms with van der Waals surface area (Å²) in [5.41, 5.74) is 0. The predicted molar refractivity (Wildman–Crippen MR) is 87.0 cm³/mol. The maximum Gasteiger partial charge on any atom is 0.194 e. The molecule has 128 valence electrons. The van der Waals surface area contributed by atoms with Crippen LogP contribution in [0.5, 0.6) is 0 Å². The second-order valence-electron chi connectivity index (χ2n) is 6.06. The average Bonchev–Trinajstić information content (AvgIpc) is 3.27. The van der Waals surface area contributed by atoms with E-state index in [2.05, 4.69) is 34.2 Å². The molecule has 0 fully saturated rings. The van der Waals surface area contributed by atoms with Gasteiger partial charge >= 0.3 is 0 Å². The molecule has 0 spiro atoms. The summed E-state index contributed by atoms with van der Waals surface area (Å²) >= 11 is 0. The van der Waals surface area contributed by atoms with Crippen LogP contribution in [0.15, 0.2) is 28.9 Å². The topological polar surface area (TPSA) is 83.8 Å². The standard InChI is InChI=1S/C16H22N6O2/c1-12(2)6-8-22-16(18-15(19-22)11-23-3)14-5-4-13(24-14)10-21-9-7-17-20-21/h4-5,7,9,12H,6,8,10-11H2,1-3H3. The van der Waals surface area contributed by atoms with E-state index in [4.69, 9.17) is 9.15 Å². The van der Waals surface area contributed by atoms with Crippen LogP contribution < -0.4 is 0 Å². The van der Waals surface area contributed by atoms with Crippen molar-refractivity contribution in [2.75, 3.05) is 7.11 Å². The van der Waals surface area contributed by atoms with Crippen molar-refractivity contribution >= 4 is 0 Å². The van der Waals surface area contributed by atoms with Crippen LogP contribution >= 0.6 is 0 Å². The van der Waals surface area contributed by atoms with Gasteiger partial charge in [0.1, 0.15) is 18.9 Å². The van der Waals surface area contributed by atoms with Crippen LogP contribution in [0.2, 0.25) is 0 Å². The number of ether oxygens (including phenoxy) is 1. The Bertz CT molecular complexity index is 759. The molecular weight excluding hydrogens is 308 g/mol. The van der Waals surface area contributed by atoms with Crippen LogP contribution in [0.25, 0.3) is 11.6 Å². The van der Waals surface area contributed by atoms with Gasteiger partial charge < -0.3 is 9.15 Å². The molecule has 0 amide bonds. The Morgan fingerprint density at radius 1 is 1.29 bits per heavy atom. The van der Waals surface area contributed by atoms with E-state index in [0.717, 1.165) is 24.6 Å². The molecule has 0 N–H and O–H groups in total. The average molecular weight is 330 g/mol. The van der Waals surface area contributed by atoms with Crippen LogP contribution in [0.4, 0.5) is 0 Å². The maximum atomic E-state index is 5.93. The van der Waals surface area contributed by atoms with Crippen LogP contribution in [0, 0.1) is 5.92 Å². The number of aryl methyl sites for hydroxylation is 1. The zero-order valence-corrected chi connectivity index (χ0v) is 14.2. The van der Waals surface area contributed by atoms with E-state index in [9.17, 15) is 0 Å². The van der Waals surface area contributed by atoms with Gasteiger partial charge in [0.05, 0.1) is 6.20 Å². The second-order valence-corrected chi connectivity index (χ2v) is 6.06. The van der Waals surface area contributed by atoms with E-state index >= 15 is 0 Å². The lowest BCUT2D eigenvalue weighted by molar-refractivity contribution is 0.177. The highest BCUT2D eigenvalue weighted by molar-refractivity contribution is 5.47. The van der Waals surface area contributed by atoms with Gasteiger partial charge in [-0.15, -0.1) is 5.10 Å². The molecule has 0 saturated heterocycles. The quantitative estimate of drug-likeness (QED) is 0.630. The Morgan fingerprint density at radius 3 is 2.88 bits per heavy atom. The smallest absolute Gasteiger partial charge is 0.194 e. The zero-order valence-electron chi connectivity index (χ0n) is 14.2. The fraction of sp³-hybridized carbons (Fsp3) is 0.500. The number of rotatable bonds is 8. The van der Waals surface area contributed by atoms with Crippen LogP contribution in [0.3, 0.4) is 0 Å². The molecule has 3 heterocycles. The van der Waals surface area contributed by atoms with E-state index in [0.29, 0.717) is 30.7 Å². The summed E-state index contributed by atoms with van der Waals surface area (Å²) in [5.74, 6) is 3.47. The maximum absolute atomic E-state index is 5.93. The van der Waals surface area contributed by atoms with Gasteiger partial charge in [0.15, 0.2) is 17.4 Å². The molecule has 0 unspecified atom stereocenters. The summed E-state index contributed by atoms with van der Waals surface area (Å²) in [6, 6.07) is 3.84. The summed E-state index contributed by atoms with van der Waals surface area (Å²) < 4.78 is 14.7.